The zero-order valence-corrected chi connectivity index (χ0v) is 19.5. The van der Waals surface area contributed by atoms with E-state index in [4.69, 9.17) is 4.74 Å². The zero-order valence-electron chi connectivity index (χ0n) is 19.5. The maximum absolute atomic E-state index is 14.3. The largest absolute Gasteiger partial charge is 0.467 e. The van der Waals surface area contributed by atoms with Crippen LogP contribution < -0.4 is 4.90 Å². The molecule has 1 aliphatic carbocycles. The number of nitrogens with zero attached hydrogens (tertiary/aromatic N) is 1. The van der Waals surface area contributed by atoms with Crippen LogP contribution in [0.1, 0.15) is 43.3 Å². The van der Waals surface area contributed by atoms with E-state index < -0.39 is 52.7 Å². The van der Waals surface area contributed by atoms with Crippen molar-refractivity contribution >= 4 is 29.3 Å². The summed E-state index contributed by atoms with van der Waals surface area (Å²) >= 11 is 0. The average Bonchev–Trinajstić information content (AvgIpc) is 3.34. The summed E-state index contributed by atoms with van der Waals surface area (Å²) in [5.41, 5.74) is -0.468. The molecular formula is C29H20F3NO4. The fraction of sp³-hybridized carbons (Fsp3) is 0.207. The molecule has 3 aliphatic rings. The molecule has 2 heterocycles. The lowest BCUT2D eigenvalue weighted by Gasteiger charge is -2.36. The molecule has 186 valence electrons. The van der Waals surface area contributed by atoms with Gasteiger partial charge in [-0.1, -0.05) is 66.7 Å². The van der Waals surface area contributed by atoms with Gasteiger partial charge in [-0.15, -0.1) is 0 Å². The number of hydrogen-bond donors (Lipinski definition) is 0. The Kier molecular flexibility index (Phi) is 4.96. The van der Waals surface area contributed by atoms with Gasteiger partial charge in [-0.25, -0.2) is 4.79 Å². The number of Topliss-reactive ketones (excluding diaryl/α,β-unsaturated/α-hetero) is 2. The molecule has 5 nitrogen and oxygen atoms in total. The monoisotopic (exact) mass is 503 g/mol. The predicted molar refractivity (Wildman–Crippen MR) is 129 cm³/mol. The molecule has 2 aliphatic heterocycles. The first-order valence-corrected chi connectivity index (χ1v) is 11.7. The molecule has 0 saturated carbocycles. The number of esters is 1. The Morgan fingerprint density at radius 2 is 1.49 bits per heavy atom. The smallest absolute Gasteiger partial charge is 0.416 e. The van der Waals surface area contributed by atoms with Gasteiger partial charge in [-0.05, 0) is 29.3 Å². The summed E-state index contributed by atoms with van der Waals surface area (Å²) < 4.78 is 45.3. The SMILES string of the molecule is COC(=O)[C@@H]1[C@H](c2ccc(C(F)(F)F)cc2)C2(C(=O)c3ccccc3C2=O)[C@H]2C=Cc3ccccc3N12. The number of fused-ring (bicyclic) bond motifs is 5. The third kappa shape index (κ3) is 3.01. The zero-order chi connectivity index (χ0) is 26.1. The molecule has 1 spiro atoms. The van der Waals surface area contributed by atoms with Crippen molar-refractivity contribution in [3.63, 3.8) is 0 Å². The van der Waals surface area contributed by atoms with Gasteiger partial charge < -0.3 is 9.64 Å². The summed E-state index contributed by atoms with van der Waals surface area (Å²) in [7, 11) is 1.21. The Labute approximate surface area is 210 Å². The molecule has 3 atom stereocenters. The molecule has 3 aromatic carbocycles. The highest BCUT2D eigenvalue weighted by Crippen LogP contribution is 2.60. The standard InChI is InChI=1S/C29H20F3NO4/c1-37-27(36)24-23(17-10-13-18(14-11-17)29(30,31)32)28(25(34)19-7-3-4-8-20(19)26(28)35)22-15-12-16-6-2-5-9-21(16)33(22)24/h2-15,22-24H,1H3/t22-,23+,24+/m1/s1. The summed E-state index contributed by atoms with van der Waals surface area (Å²) in [6.07, 6.45) is -1.02. The summed E-state index contributed by atoms with van der Waals surface area (Å²) in [4.78, 5) is 43.7. The van der Waals surface area contributed by atoms with Crippen molar-refractivity contribution in [1.82, 2.24) is 0 Å². The van der Waals surface area contributed by atoms with Crippen LogP contribution in [-0.2, 0) is 15.7 Å². The molecular weight excluding hydrogens is 483 g/mol. The third-order valence-corrected chi connectivity index (χ3v) is 7.75. The van der Waals surface area contributed by atoms with Gasteiger partial charge in [0.1, 0.15) is 11.5 Å². The molecule has 1 saturated heterocycles. The number of methoxy groups -OCH3 is 1. The van der Waals surface area contributed by atoms with Gasteiger partial charge in [0.05, 0.1) is 18.7 Å². The number of rotatable bonds is 2. The highest BCUT2D eigenvalue weighted by Gasteiger charge is 2.72. The fourth-order valence-corrected chi connectivity index (χ4v) is 6.26. The number of alkyl halides is 3. The van der Waals surface area contributed by atoms with Gasteiger partial charge in [0.2, 0.25) is 0 Å². The maximum atomic E-state index is 14.3. The van der Waals surface area contributed by atoms with Gasteiger partial charge in [-0.3, -0.25) is 9.59 Å². The summed E-state index contributed by atoms with van der Waals surface area (Å²) in [5.74, 6) is -2.70. The topological polar surface area (TPSA) is 63.7 Å². The van der Waals surface area contributed by atoms with Crippen LogP contribution in [0.25, 0.3) is 6.08 Å². The molecule has 0 unspecified atom stereocenters. The maximum Gasteiger partial charge on any atom is 0.416 e. The van der Waals surface area contributed by atoms with E-state index in [0.29, 0.717) is 5.69 Å². The Balaban J connectivity index is 1.65. The molecule has 0 radical (unpaired) electrons. The molecule has 3 aromatic rings. The van der Waals surface area contributed by atoms with Crippen LogP contribution in [0.3, 0.4) is 0 Å². The Morgan fingerprint density at radius 3 is 2.08 bits per heavy atom. The van der Waals surface area contributed by atoms with Crippen molar-refractivity contribution < 1.29 is 32.3 Å². The van der Waals surface area contributed by atoms with E-state index >= 15 is 0 Å². The first-order chi connectivity index (χ1) is 17.7. The van der Waals surface area contributed by atoms with Crippen LogP contribution in [0, 0.1) is 5.41 Å². The highest BCUT2D eigenvalue weighted by molar-refractivity contribution is 6.32. The van der Waals surface area contributed by atoms with Crippen LogP contribution >= 0.6 is 0 Å². The quantitative estimate of drug-likeness (QED) is 0.350. The Bertz CT molecular complexity index is 1460. The van der Waals surface area contributed by atoms with E-state index in [2.05, 4.69) is 0 Å². The number of ether oxygens (including phenoxy) is 1. The van der Waals surface area contributed by atoms with E-state index in [1.54, 1.807) is 47.4 Å². The third-order valence-electron chi connectivity index (χ3n) is 7.75. The number of ketones is 2. The Morgan fingerprint density at radius 1 is 0.892 bits per heavy atom. The molecule has 6 rings (SSSR count). The summed E-state index contributed by atoms with van der Waals surface area (Å²) in [6.45, 7) is 0. The van der Waals surface area contributed by atoms with E-state index in [9.17, 15) is 27.6 Å². The molecule has 0 bridgehead atoms. The van der Waals surface area contributed by atoms with Gasteiger partial charge in [0.15, 0.2) is 11.6 Å². The van der Waals surface area contributed by atoms with Crippen molar-refractivity contribution in [3.8, 4) is 0 Å². The lowest BCUT2D eigenvalue weighted by Crippen LogP contribution is -2.48. The van der Waals surface area contributed by atoms with Crippen molar-refractivity contribution in [1.29, 1.82) is 0 Å². The molecule has 0 N–H and O–H groups in total. The second-order valence-corrected chi connectivity index (χ2v) is 9.41. The normalized spacial score (nSPS) is 23.1. The second kappa shape index (κ2) is 7.90. The number of carbonyl (C=O) groups excluding carboxylic acids is 3. The van der Waals surface area contributed by atoms with Crippen LogP contribution in [0.15, 0.2) is 78.9 Å². The molecule has 0 amide bonds. The lowest BCUT2D eigenvalue weighted by atomic mass is 9.64. The minimum atomic E-state index is -4.57. The van der Waals surface area contributed by atoms with Crippen LogP contribution in [0.4, 0.5) is 18.9 Å². The molecule has 37 heavy (non-hydrogen) atoms. The molecule has 8 heteroatoms. The van der Waals surface area contributed by atoms with Gasteiger partial charge in [0.25, 0.3) is 0 Å². The minimum absolute atomic E-state index is 0.238. The van der Waals surface area contributed by atoms with E-state index in [0.717, 1.165) is 17.7 Å². The summed E-state index contributed by atoms with van der Waals surface area (Å²) in [6, 6.07) is 16.1. The molecule has 1 fully saturated rings. The number of anilines is 1. The predicted octanol–water partition coefficient (Wildman–Crippen LogP) is 5.31. The second-order valence-electron chi connectivity index (χ2n) is 9.41. The first-order valence-electron chi connectivity index (χ1n) is 11.7. The number of benzene rings is 3. The Hall–Kier alpha value is -4.20. The molecule has 0 aromatic heterocycles. The average molecular weight is 503 g/mol. The van der Waals surface area contributed by atoms with Crippen molar-refractivity contribution in [2.45, 2.75) is 24.2 Å². The number of para-hydroxylation sites is 1. The first kappa shape index (κ1) is 23.2. The summed E-state index contributed by atoms with van der Waals surface area (Å²) in [5, 5.41) is 0. The highest BCUT2D eigenvalue weighted by atomic mass is 19.4. The number of hydrogen-bond acceptors (Lipinski definition) is 5. The van der Waals surface area contributed by atoms with Crippen molar-refractivity contribution in [2.24, 2.45) is 5.41 Å². The fourth-order valence-electron chi connectivity index (χ4n) is 6.26. The van der Waals surface area contributed by atoms with Crippen molar-refractivity contribution in [2.75, 3.05) is 12.0 Å². The number of halogens is 3. The van der Waals surface area contributed by atoms with Crippen LogP contribution in [0.5, 0.6) is 0 Å². The van der Waals surface area contributed by atoms with E-state index in [1.807, 2.05) is 18.2 Å². The van der Waals surface area contributed by atoms with Gasteiger partial charge in [0, 0.05) is 22.7 Å². The van der Waals surface area contributed by atoms with Crippen LogP contribution in [0.2, 0.25) is 0 Å². The lowest BCUT2D eigenvalue weighted by molar-refractivity contribution is -0.142. The van der Waals surface area contributed by atoms with E-state index in [-0.39, 0.29) is 16.7 Å². The van der Waals surface area contributed by atoms with Crippen LogP contribution in [-0.4, -0.2) is 36.7 Å². The van der Waals surface area contributed by atoms with E-state index in [1.165, 1.54) is 19.2 Å². The van der Waals surface area contributed by atoms with Gasteiger partial charge >= 0.3 is 12.1 Å². The number of carbonyl (C=O) groups is 3. The minimum Gasteiger partial charge on any atom is -0.467 e. The van der Waals surface area contributed by atoms with Gasteiger partial charge in [-0.2, -0.15) is 13.2 Å². The van der Waals surface area contributed by atoms with Crippen molar-refractivity contribution in [3.05, 3.63) is 107 Å².